The molecule has 1 fully saturated rings. The summed E-state index contributed by atoms with van der Waals surface area (Å²) in [6, 6.07) is 5.52. The van der Waals surface area contributed by atoms with Gasteiger partial charge in [0.1, 0.15) is 11.4 Å². The maximum Gasteiger partial charge on any atom is 0.407 e. The number of amides is 1. The third-order valence-electron chi connectivity index (χ3n) is 4.69. The van der Waals surface area contributed by atoms with Crippen molar-refractivity contribution in [2.24, 2.45) is 5.92 Å². The van der Waals surface area contributed by atoms with Crippen molar-refractivity contribution in [2.45, 2.75) is 64.1 Å². The van der Waals surface area contributed by atoms with Crippen molar-refractivity contribution in [3.05, 3.63) is 35.1 Å². The molecule has 132 valence electrons. The fourth-order valence-electron chi connectivity index (χ4n) is 3.38. The summed E-state index contributed by atoms with van der Waals surface area (Å²) in [5.41, 5.74) is 1.40. The summed E-state index contributed by atoms with van der Waals surface area (Å²) in [6.07, 6.45) is 3.59. The maximum absolute atomic E-state index is 13.8. The van der Waals surface area contributed by atoms with E-state index in [0.717, 1.165) is 36.8 Å². The molecule has 0 spiro atoms. The SMILES string of the molecule is CC(C)(C)OC(=O)NC(CNC1CCc2c(F)cccc21)C1CC1. The molecule has 3 rings (SSSR count). The summed E-state index contributed by atoms with van der Waals surface area (Å²) >= 11 is 0. The topological polar surface area (TPSA) is 50.4 Å². The molecule has 5 heteroatoms. The van der Waals surface area contributed by atoms with Crippen LogP contribution in [0.5, 0.6) is 0 Å². The van der Waals surface area contributed by atoms with Crippen LogP contribution >= 0.6 is 0 Å². The predicted molar refractivity (Wildman–Crippen MR) is 91.3 cm³/mol. The molecular weight excluding hydrogens is 307 g/mol. The Morgan fingerprint density at radius 1 is 1.33 bits per heavy atom. The van der Waals surface area contributed by atoms with Gasteiger partial charge in [0, 0.05) is 18.6 Å². The minimum Gasteiger partial charge on any atom is -0.444 e. The highest BCUT2D eigenvalue weighted by Gasteiger charge is 2.34. The Hall–Kier alpha value is -1.62. The molecule has 0 aliphatic heterocycles. The molecule has 0 aromatic heterocycles. The largest absolute Gasteiger partial charge is 0.444 e. The Bertz CT molecular complexity index is 608. The Morgan fingerprint density at radius 3 is 2.75 bits per heavy atom. The van der Waals surface area contributed by atoms with Crippen molar-refractivity contribution >= 4 is 6.09 Å². The third-order valence-corrected chi connectivity index (χ3v) is 4.69. The van der Waals surface area contributed by atoms with Gasteiger partial charge < -0.3 is 15.4 Å². The summed E-state index contributed by atoms with van der Waals surface area (Å²) < 4.78 is 19.2. The molecule has 2 unspecified atom stereocenters. The summed E-state index contributed by atoms with van der Waals surface area (Å²) in [4.78, 5) is 12.0. The Kier molecular flexibility index (Phi) is 4.81. The number of rotatable bonds is 5. The number of benzene rings is 1. The lowest BCUT2D eigenvalue weighted by Gasteiger charge is -2.25. The number of carbonyl (C=O) groups is 1. The minimum absolute atomic E-state index is 0.0671. The van der Waals surface area contributed by atoms with Crippen molar-refractivity contribution in [2.75, 3.05) is 6.54 Å². The van der Waals surface area contributed by atoms with Crippen LogP contribution in [-0.2, 0) is 11.2 Å². The number of hydrogen-bond donors (Lipinski definition) is 2. The lowest BCUT2D eigenvalue weighted by molar-refractivity contribution is 0.0496. The highest BCUT2D eigenvalue weighted by Crippen LogP contribution is 2.35. The molecule has 2 aliphatic rings. The highest BCUT2D eigenvalue weighted by atomic mass is 19.1. The molecule has 24 heavy (non-hydrogen) atoms. The average Bonchev–Trinajstić information content (AvgIpc) is 3.23. The molecule has 2 atom stereocenters. The number of nitrogens with one attached hydrogen (secondary N) is 2. The van der Waals surface area contributed by atoms with Gasteiger partial charge in [-0.3, -0.25) is 0 Å². The average molecular weight is 334 g/mol. The normalized spacial score (nSPS) is 21.2. The smallest absolute Gasteiger partial charge is 0.407 e. The summed E-state index contributed by atoms with van der Waals surface area (Å²) in [5.74, 6) is 0.404. The number of ether oxygens (including phenoxy) is 1. The van der Waals surface area contributed by atoms with Crippen LogP contribution < -0.4 is 10.6 Å². The zero-order valence-electron chi connectivity index (χ0n) is 14.7. The lowest BCUT2D eigenvalue weighted by atomic mass is 10.1. The summed E-state index contributed by atoms with van der Waals surface area (Å²) in [7, 11) is 0. The van der Waals surface area contributed by atoms with E-state index in [4.69, 9.17) is 4.74 Å². The van der Waals surface area contributed by atoms with Gasteiger partial charge in [0.15, 0.2) is 0 Å². The van der Waals surface area contributed by atoms with Gasteiger partial charge in [-0.05, 0) is 69.6 Å². The molecule has 2 aliphatic carbocycles. The first-order chi connectivity index (χ1) is 11.3. The second kappa shape index (κ2) is 6.71. The monoisotopic (exact) mass is 334 g/mol. The van der Waals surface area contributed by atoms with Gasteiger partial charge in [-0.15, -0.1) is 0 Å². The molecular formula is C19H27FN2O2. The van der Waals surface area contributed by atoms with Crippen molar-refractivity contribution in [1.82, 2.24) is 10.6 Å². The van der Waals surface area contributed by atoms with Crippen LogP contribution in [0, 0.1) is 11.7 Å². The number of halogens is 1. The van der Waals surface area contributed by atoms with Crippen LogP contribution in [-0.4, -0.2) is 24.3 Å². The van der Waals surface area contributed by atoms with Crippen molar-refractivity contribution in [3.8, 4) is 0 Å². The van der Waals surface area contributed by atoms with E-state index < -0.39 is 5.60 Å². The van der Waals surface area contributed by atoms with E-state index in [1.807, 2.05) is 26.8 Å². The molecule has 0 bridgehead atoms. The second-order valence-electron chi connectivity index (χ2n) is 7.90. The number of fused-ring (bicyclic) bond motifs is 1. The fraction of sp³-hybridized carbons (Fsp3) is 0.632. The fourth-order valence-corrected chi connectivity index (χ4v) is 3.38. The zero-order chi connectivity index (χ0) is 17.3. The molecule has 1 amide bonds. The van der Waals surface area contributed by atoms with E-state index in [0.29, 0.717) is 12.5 Å². The molecule has 4 nitrogen and oxygen atoms in total. The van der Waals surface area contributed by atoms with Crippen LogP contribution in [0.15, 0.2) is 18.2 Å². The van der Waals surface area contributed by atoms with Crippen molar-refractivity contribution < 1.29 is 13.9 Å². The molecule has 1 aromatic rings. The van der Waals surface area contributed by atoms with E-state index in [1.165, 1.54) is 6.07 Å². The molecule has 1 aromatic carbocycles. The summed E-state index contributed by atoms with van der Waals surface area (Å²) in [5, 5.41) is 6.51. The van der Waals surface area contributed by atoms with Crippen LogP contribution in [0.4, 0.5) is 9.18 Å². The first kappa shape index (κ1) is 17.2. The molecule has 1 saturated carbocycles. The first-order valence-corrected chi connectivity index (χ1v) is 8.83. The van der Waals surface area contributed by atoms with Gasteiger partial charge in [-0.1, -0.05) is 12.1 Å². The Morgan fingerprint density at radius 2 is 2.08 bits per heavy atom. The van der Waals surface area contributed by atoms with Crippen LogP contribution in [0.1, 0.15) is 57.2 Å². The Labute approximate surface area is 143 Å². The van der Waals surface area contributed by atoms with Gasteiger partial charge in [-0.2, -0.15) is 0 Å². The van der Waals surface area contributed by atoms with E-state index in [-0.39, 0.29) is 24.0 Å². The van der Waals surface area contributed by atoms with Gasteiger partial charge >= 0.3 is 6.09 Å². The molecule has 0 heterocycles. The van der Waals surface area contributed by atoms with E-state index in [1.54, 1.807) is 6.07 Å². The number of carbonyl (C=O) groups excluding carboxylic acids is 1. The molecule has 2 N–H and O–H groups in total. The Balaban J connectivity index is 1.56. The van der Waals surface area contributed by atoms with Gasteiger partial charge in [-0.25, -0.2) is 9.18 Å². The van der Waals surface area contributed by atoms with Gasteiger partial charge in [0.05, 0.1) is 0 Å². The first-order valence-electron chi connectivity index (χ1n) is 8.83. The maximum atomic E-state index is 13.8. The van der Waals surface area contributed by atoms with E-state index in [9.17, 15) is 9.18 Å². The quantitative estimate of drug-likeness (QED) is 0.863. The van der Waals surface area contributed by atoms with Crippen molar-refractivity contribution in [3.63, 3.8) is 0 Å². The zero-order valence-corrected chi connectivity index (χ0v) is 14.7. The molecule has 0 saturated heterocycles. The molecule has 0 radical (unpaired) electrons. The van der Waals surface area contributed by atoms with Gasteiger partial charge in [0.25, 0.3) is 0 Å². The van der Waals surface area contributed by atoms with Crippen molar-refractivity contribution in [1.29, 1.82) is 0 Å². The third kappa shape index (κ3) is 4.26. The minimum atomic E-state index is -0.493. The van der Waals surface area contributed by atoms with Crippen LogP contribution in [0.3, 0.4) is 0 Å². The second-order valence-corrected chi connectivity index (χ2v) is 7.90. The summed E-state index contributed by atoms with van der Waals surface area (Å²) in [6.45, 7) is 6.27. The standard InChI is InChI=1S/C19H27FN2O2/c1-19(2,3)24-18(23)22-17(12-7-8-12)11-21-16-10-9-13-14(16)5-4-6-15(13)20/h4-6,12,16-17,21H,7-11H2,1-3H3,(H,22,23). The number of alkyl carbamates (subject to hydrolysis) is 1. The van der Waals surface area contributed by atoms with Crippen LogP contribution in [0.2, 0.25) is 0 Å². The lowest BCUT2D eigenvalue weighted by Crippen LogP contribution is -2.46. The predicted octanol–water partition coefficient (Wildman–Crippen LogP) is 3.71. The van der Waals surface area contributed by atoms with E-state index >= 15 is 0 Å². The number of hydrogen-bond acceptors (Lipinski definition) is 3. The van der Waals surface area contributed by atoms with Crippen LogP contribution in [0.25, 0.3) is 0 Å². The van der Waals surface area contributed by atoms with E-state index in [2.05, 4.69) is 10.6 Å². The van der Waals surface area contributed by atoms with Gasteiger partial charge in [0.2, 0.25) is 0 Å². The highest BCUT2D eigenvalue weighted by molar-refractivity contribution is 5.68.